The molecule has 1 N–H and O–H groups in total. The lowest BCUT2D eigenvalue weighted by Crippen LogP contribution is -2.05. The number of carbonyl (C=O) groups is 1. The summed E-state index contributed by atoms with van der Waals surface area (Å²) >= 11 is 8.76. The average molecular weight is 332 g/mol. The summed E-state index contributed by atoms with van der Waals surface area (Å²) in [6, 6.07) is 0.00742. The van der Waals surface area contributed by atoms with Gasteiger partial charge in [-0.1, -0.05) is 29.9 Å². The number of ether oxygens (including phenoxy) is 1. The van der Waals surface area contributed by atoms with Gasteiger partial charge in [0, 0.05) is 11.1 Å². The van der Waals surface area contributed by atoms with Crippen LogP contribution in [0.25, 0.3) is 0 Å². The highest BCUT2D eigenvalue weighted by Gasteiger charge is 2.19. The normalized spacial score (nSPS) is 12.2. The van der Waals surface area contributed by atoms with Crippen molar-refractivity contribution in [1.82, 2.24) is 9.97 Å². The highest BCUT2D eigenvalue weighted by molar-refractivity contribution is 7.18. The second-order valence-electron chi connectivity index (χ2n) is 4.01. The molecule has 0 saturated carbocycles. The van der Waals surface area contributed by atoms with Crippen LogP contribution in [-0.2, 0) is 11.2 Å². The number of rotatable bonds is 5. The lowest BCUT2D eigenvalue weighted by Gasteiger charge is -2.08. The van der Waals surface area contributed by atoms with Gasteiger partial charge in [0.1, 0.15) is 5.01 Å². The third-order valence-electron chi connectivity index (χ3n) is 2.59. The van der Waals surface area contributed by atoms with Gasteiger partial charge >= 0.3 is 5.97 Å². The largest absolute Gasteiger partial charge is 0.465 e. The van der Waals surface area contributed by atoms with E-state index >= 15 is 0 Å². The maximum absolute atomic E-state index is 11.5. The Hall–Kier alpha value is -1.18. The van der Waals surface area contributed by atoms with Crippen molar-refractivity contribution >= 4 is 45.4 Å². The van der Waals surface area contributed by atoms with E-state index < -0.39 is 5.97 Å². The van der Waals surface area contributed by atoms with Crippen molar-refractivity contribution < 1.29 is 9.53 Å². The van der Waals surface area contributed by atoms with E-state index in [1.807, 2.05) is 13.1 Å². The van der Waals surface area contributed by atoms with Crippen molar-refractivity contribution in [1.29, 1.82) is 0 Å². The minimum Gasteiger partial charge on any atom is -0.465 e. The Kier molecular flexibility index (Phi) is 4.95. The van der Waals surface area contributed by atoms with Crippen molar-refractivity contribution in [3.8, 4) is 0 Å². The number of hydrogen-bond acceptors (Lipinski definition) is 7. The highest BCUT2D eigenvalue weighted by Crippen LogP contribution is 2.31. The molecule has 0 fully saturated rings. The van der Waals surface area contributed by atoms with Crippen LogP contribution in [0.1, 0.15) is 39.4 Å². The van der Waals surface area contributed by atoms with Crippen LogP contribution in [0, 0.1) is 0 Å². The zero-order valence-electron chi connectivity index (χ0n) is 11.3. The third kappa shape index (κ3) is 3.28. The molecule has 8 heteroatoms. The zero-order chi connectivity index (χ0) is 14.7. The molecule has 2 aromatic heterocycles. The van der Waals surface area contributed by atoms with Crippen molar-refractivity contribution in [2.45, 2.75) is 26.3 Å². The summed E-state index contributed by atoms with van der Waals surface area (Å²) < 4.78 is 4.65. The van der Waals surface area contributed by atoms with E-state index in [2.05, 4.69) is 26.9 Å². The van der Waals surface area contributed by atoms with E-state index in [4.69, 9.17) is 11.6 Å². The standard InChI is InChI=1S/C12H14ClN3O2S2/c1-4-7-5-14-10(19-7)6(2)15-12-16-9(13)8(20-12)11(17)18-3/h5-6H,4H2,1-3H3,(H,15,16). The van der Waals surface area contributed by atoms with Gasteiger partial charge in [0.25, 0.3) is 0 Å². The summed E-state index contributed by atoms with van der Waals surface area (Å²) in [5.74, 6) is -0.476. The van der Waals surface area contributed by atoms with Crippen LogP contribution in [0.5, 0.6) is 0 Å². The Labute approximate surface area is 130 Å². The molecule has 0 bridgehead atoms. The van der Waals surface area contributed by atoms with Gasteiger partial charge in [0.15, 0.2) is 15.2 Å². The summed E-state index contributed by atoms with van der Waals surface area (Å²) in [7, 11) is 1.32. The molecule has 0 aliphatic heterocycles. The molecule has 2 rings (SSSR count). The van der Waals surface area contributed by atoms with E-state index in [1.165, 1.54) is 23.3 Å². The average Bonchev–Trinajstić information content (AvgIpc) is 3.04. The van der Waals surface area contributed by atoms with Gasteiger partial charge in [-0.05, 0) is 13.3 Å². The molecular weight excluding hydrogens is 318 g/mol. The van der Waals surface area contributed by atoms with Gasteiger partial charge in [-0.2, -0.15) is 0 Å². The smallest absolute Gasteiger partial charge is 0.351 e. The first-order chi connectivity index (χ1) is 9.55. The SMILES string of the molecule is CCc1cnc(C(C)Nc2nc(Cl)c(C(=O)OC)s2)s1. The number of halogens is 1. The predicted molar refractivity (Wildman–Crippen MR) is 82.0 cm³/mol. The van der Waals surface area contributed by atoms with Crippen molar-refractivity contribution in [2.75, 3.05) is 12.4 Å². The summed E-state index contributed by atoms with van der Waals surface area (Å²) in [5, 5.41) is 4.92. The topological polar surface area (TPSA) is 64.1 Å². The Balaban J connectivity index is 2.11. The Morgan fingerprint density at radius 3 is 2.90 bits per heavy atom. The van der Waals surface area contributed by atoms with Crippen LogP contribution in [0.3, 0.4) is 0 Å². The van der Waals surface area contributed by atoms with Gasteiger partial charge < -0.3 is 10.1 Å². The van der Waals surface area contributed by atoms with Crippen molar-refractivity contribution in [3.63, 3.8) is 0 Å². The number of aromatic nitrogens is 2. The minimum atomic E-state index is -0.476. The number of aryl methyl sites for hydroxylation is 1. The molecule has 0 amide bonds. The third-order valence-corrected chi connectivity index (χ3v) is 5.26. The predicted octanol–water partition coefficient (Wildman–Crippen LogP) is 3.78. The van der Waals surface area contributed by atoms with Gasteiger partial charge in [0.2, 0.25) is 0 Å². The van der Waals surface area contributed by atoms with Gasteiger partial charge in [-0.25, -0.2) is 14.8 Å². The molecular formula is C12H14ClN3O2S2. The molecule has 2 aromatic rings. The molecule has 1 unspecified atom stereocenters. The summed E-state index contributed by atoms with van der Waals surface area (Å²) in [5.41, 5.74) is 0. The Bertz CT molecular complexity index is 612. The fourth-order valence-electron chi connectivity index (χ4n) is 1.52. The number of thiazole rings is 2. The fraction of sp³-hybridized carbons (Fsp3) is 0.417. The van der Waals surface area contributed by atoms with Gasteiger partial charge in [-0.15, -0.1) is 11.3 Å². The van der Waals surface area contributed by atoms with Crippen LogP contribution in [0.4, 0.5) is 5.13 Å². The first-order valence-electron chi connectivity index (χ1n) is 6.01. The molecule has 108 valence electrons. The number of hydrogen-bond donors (Lipinski definition) is 1. The van der Waals surface area contributed by atoms with Crippen molar-refractivity contribution in [3.05, 3.63) is 26.1 Å². The molecule has 5 nitrogen and oxygen atoms in total. The van der Waals surface area contributed by atoms with E-state index in [0.29, 0.717) is 10.0 Å². The van der Waals surface area contributed by atoms with Gasteiger partial charge in [0.05, 0.1) is 13.2 Å². The molecule has 0 spiro atoms. The highest BCUT2D eigenvalue weighted by atomic mass is 35.5. The summed E-state index contributed by atoms with van der Waals surface area (Å²) in [6.45, 7) is 4.09. The lowest BCUT2D eigenvalue weighted by molar-refractivity contribution is 0.0606. The molecule has 0 aromatic carbocycles. The molecule has 0 saturated heterocycles. The lowest BCUT2D eigenvalue weighted by atomic mass is 10.4. The number of anilines is 1. The quantitative estimate of drug-likeness (QED) is 0.845. The number of carbonyl (C=O) groups excluding carboxylic acids is 1. The summed E-state index contributed by atoms with van der Waals surface area (Å²) in [6.07, 6.45) is 2.85. The van der Waals surface area contributed by atoms with E-state index in [0.717, 1.165) is 11.4 Å². The number of esters is 1. The van der Waals surface area contributed by atoms with Crippen LogP contribution in [0.2, 0.25) is 5.15 Å². The van der Waals surface area contributed by atoms with E-state index in [9.17, 15) is 4.79 Å². The second kappa shape index (κ2) is 6.51. The molecule has 2 heterocycles. The molecule has 1 atom stereocenters. The zero-order valence-corrected chi connectivity index (χ0v) is 13.7. The number of nitrogens with zero attached hydrogens (tertiary/aromatic N) is 2. The summed E-state index contributed by atoms with van der Waals surface area (Å²) in [4.78, 5) is 21.5. The van der Waals surface area contributed by atoms with Gasteiger partial charge in [-0.3, -0.25) is 0 Å². The molecule has 0 aliphatic rings. The Morgan fingerprint density at radius 2 is 2.30 bits per heavy atom. The first kappa shape index (κ1) is 15.2. The van der Waals surface area contributed by atoms with Crippen LogP contribution < -0.4 is 5.32 Å². The van der Waals surface area contributed by atoms with Crippen molar-refractivity contribution in [2.24, 2.45) is 0 Å². The molecule has 20 heavy (non-hydrogen) atoms. The fourth-order valence-corrected chi connectivity index (χ4v) is 3.56. The van der Waals surface area contributed by atoms with Crippen LogP contribution >= 0.6 is 34.3 Å². The monoisotopic (exact) mass is 331 g/mol. The number of nitrogens with one attached hydrogen (secondary N) is 1. The van der Waals surface area contributed by atoms with Crippen LogP contribution in [0.15, 0.2) is 6.20 Å². The number of methoxy groups -OCH3 is 1. The first-order valence-corrected chi connectivity index (χ1v) is 8.02. The van der Waals surface area contributed by atoms with Crippen LogP contribution in [-0.4, -0.2) is 23.0 Å². The Morgan fingerprint density at radius 1 is 1.55 bits per heavy atom. The van der Waals surface area contributed by atoms with E-state index in [-0.39, 0.29) is 11.2 Å². The van der Waals surface area contributed by atoms with E-state index in [1.54, 1.807) is 11.3 Å². The maximum atomic E-state index is 11.5. The molecule has 0 aliphatic carbocycles. The second-order valence-corrected chi connectivity index (χ2v) is 6.52. The minimum absolute atomic E-state index is 0.00742. The molecule has 0 radical (unpaired) electrons. The maximum Gasteiger partial charge on any atom is 0.351 e.